The van der Waals surface area contributed by atoms with Crippen LogP contribution in [-0.2, 0) is 4.74 Å². The predicted octanol–water partition coefficient (Wildman–Crippen LogP) is 3.13. The van der Waals surface area contributed by atoms with Crippen molar-refractivity contribution in [1.82, 2.24) is 15.0 Å². The number of hydrogen-bond donors (Lipinski definition) is 2. The quantitative estimate of drug-likeness (QED) is 0.431. The van der Waals surface area contributed by atoms with Crippen molar-refractivity contribution in [3.63, 3.8) is 0 Å². The van der Waals surface area contributed by atoms with E-state index in [0.29, 0.717) is 12.0 Å². The molecule has 0 atom stereocenters. The van der Waals surface area contributed by atoms with E-state index in [4.69, 9.17) is 9.72 Å². The van der Waals surface area contributed by atoms with Gasteiger partial charge in [-0.25, -0.2) is 4.98 Å². The molecule has 0 saturated carbocycles. The molecule has 4 rings (SSSR count). The van der Waals surface area contributed by atoms with Gasteiger partial charge in [0.1, 0.15) is 0 Å². The first-order chi connectivity index (χ1) is 11.8. The van der Waals surface area contributed by atoms with Crippen LogP contribution in [0.1, 0.15) is 6.42 Å². The summed E-state index contributed by atoms with van der Waals surface area (Å²) in [5.74, 6) is 0. The summed E-state index contributed by atoms with van der Waals surface area (Å²) in [4.78, 5) is 24.0. The second kappa shape index (κ2) is 6.18. The summed E-state index contributed by atoms with van der Waals surface area (Å²) in [6, 6.07) is 3.84. The van der Waals surface area contributed by atoms with Gasteiger partial charge in [-0.3, -0.25) is 9.78 Å². The first-order valence-corrected chi connectivity index (χ1v) is 8.51. The number of aromatic nitrogens is 3. The Balaban J connectivity index is 1.95. The highest BCUT2D eigenvalue weighted by molar-refractivity contribution is 7.23. The maximum absolute atomic E-state index is 12.4. The lowest BCUT2D eigenvalue weighted by molar-refractivity contribution is 0.198. The molecule has 0 fully saturated rings. The molecule has 7 heteroatoms. The van der Waals surface area contributed by atoms with Gasteiger partial charge in [0.2, 0.25) is 0 Å². The molecule has 0 bridgehead atoms. The van der Waals surface area contributed by atoms with Crippen LogP contribution in [-0.4, -0.2) is 35.2 Å². The van der Waals surface area contributed by atoms with Crippen LogP contribution in [0.25, 0.3) is 31.8 Å². The molecule has 0 saturated heterocycles. The highest BCUT2D eigenvalue weighted by Crippen LogP contribution is 2.37. The number of aromatic amines is 1. The molecule has 0 radical (unpaired) electrons. The molecule has 24 heavy (non-hydrogen) atoms. The van der Waals surface area contributed by atoms with Crippen LogP contribution in [0.4, 0.5) is 5.13 Å². The molecular formula is C17H16N4O2S. The van der Waals surface area contributed by atoms with Gasteiger partial charge in [-0.2, -0.15) is 0 Å². The van der Waals surface area contributed by atoms with Crippen molar-refractivity contribution in [2.45, 2.75) is 6.42 Å². The average Bonchev–Trinajstić information content (AvgIpc) is 3.03. The molecular weight excluding hydrogens is 324 g/mol. The van der Waals surface area contributed by atoms with Crippen LogP contribution in [0.15, 0.2) is 35.5 Å². The maximum atomic E-state index is 12.4. The number of nitrogens with zero attached hydrogens (tertiary/aromatic N) is 2. The lowest BCUT2D eigenvalue weighted by atomic mass is 10.0. The zero-order valence-electron chi connectivity index (χ0n) is 13.1. The van der Waals surface area contributed by atoms with Gasteiger partial charge in [0.05, 0.1) is 15.6 Å². The topological polar surface area (TPSA) is 79.9 Å². The van der Waals surface area contributed by atoms with Crippen molar-refractivity contribution in [2.24, 2.45) is 0 Å². The lowest BCUT2D eigenvalue weighted by Gasteiger charge is -2.03. The van der Waals surface area contributed by atoms with E-state index in [1.807, 2.05) is 12.1 Å². The molecule has 6 nitrogen and oxygen atoms in total. The van der Waals surface area contributed by atoms with E-state index < -0.39 is 0 Å². The lowest BCUT2D eigenvalue weighted by Crippen LogP contribution is -2.05. The fourth-order valence-corrected chi connectivity index (χ4v) is 3.94. The fraction of sp³-hybridized carbons (Fsp3) is 0.235. The van der Waals surface area contributed by atoms with Crippen molar-refractivity contribution in [2.75, 3.05) is 25.6 Å². The standard InChI is InChI=1S/C17H16N4O2S/c1-23-8-2-5-20-17-21-14-10-3-6-18-9-12(10)13-11(15(14)24-17)4-7-19-16(13)22/h3-4,6-7,9H,2,5,8H2,1H3,(H,19,22)(H,20,21). The number of benzene rings is 1. The minimum atomic E-state index is -0.101. The molecule has 0 aliphatic heterocycles. The Hall–Kier alpha value is -2.51. The Morgan fingerprint density at radius 2 is 2.21 bits per heavy atom. The molecule has 0 amide bonds. The third kappa shape index (κ3) is 2.42. The third-order valence-electron chi connectivity index (χ3n) is 3.98. The van der Waals surface area contributed by atoms with Gasteiger partial charge in [-0.05, 0) is 18.6 Å². The average molecular weight is 340 g/mol. The van der Waals surface area contributed by atoms with E-state index >= 15 is 0 Å². The first kappa shape index (κ1) is 15.0. The molecule has 0 unspecified atom stereocenters. The van der Waals surface area contributed by atoms with E-state index in [9.17, 15) is 4.79 Å². The van der Waals surface area contributed by atoms with Gasteiger partial charge in [0, 0.05) is 55.0 Å². The summed E-state index contributed by atoms with van der Waals surface area (Å²) in [6.45, 7) is 1.51. The summed E-state index contributed by atoms with van der Waals surface area (Å²) < 4.78 is 6.08. The molecule has 0 aliphatic rings. The van der Waals surface area contributed by atoms with Crippen LogP contribution in [0.3, 0.4) is 0 Å². The third-order valence-corrected chi connectivity index (χ3v) is 5.03. The van der Waals surface area contributed by atoms with Gasteiger partial charge in [0.25, 0.3) is 5.56 Å². The van der Waals surface area contributed by atoms with Crippen LogP contribution < -0.4 is 10.9 Å². The minimum absolute atomic E-state index is 0.101. The number of pyridine rings is 2. The monoisotopic (exact) mass is 340 g/mol. The van der Waals surface area contributed by atoms with E-state index in [1.165, 1.54) is 0 Å². The molecule has 0 aliphatic carbocycles. The van der Waals surface area contributed by atoms with Crippen molar-refractivity contribution in [3.8, 4) is 0 Å². The largest absolute Gasteiger partial charge is 0.385 e. The van der Waals surface area contributed by atoms with Crippen LogP contribution >= 0.6 is 11.3 Å². The number of hydrogen-bond acceptors (Lipinski definition) is 6. The van der Waals surface area contributed by atoms with Crippen molar-refractivity contribution in [3.05, 3.63) is 41.1 Å². The molecule has 2 N–H and O–H groups in total. The van der Waals surface area contributed by atoms with E-state index in [1.54, 1.807) is 37.0 Å². The smallest absolute Gasteiger partial charge is 0.256 e. The zero-order valence-corrected chi connectivity index (χ0v) is 13.9. The molecule has 0 spiro atoms. The number of ether oxygens (including phenoxy) is 1. The van der Waals surface area contributed by atoms with Gasteiger partial charge in [0.15, 0.2) is 5.13 Å². The molecule has 3 heterocycles. The van der Waals surface area contributed by atoms with Gasteiger partial charge in [-0.15, -0.1) is 0 Å². The Kier molecular flexibility index (Phi) is 3.87. The van der Waals surface area contributed by atoms with Crippen molar-refractivity contribution in [1.29, 1.82) is 0 Å². The predicted molar refractivity (Wildman–Crippen MR) is 98.0 cm³/mol. The minimum Gasteiger partial charge on any atom is -0.385 e. The number of nitrogens with one attached hydrogen (secondary N) is 2. The SMILES string of the molecule is COCCCNc1nc2c3ccncc3c3c(=O)[nH]ccc3c2s1. The number of anilines is 1. The molecule has 4 aromatic rings. The normalized spacial score (nSPS) is 11.5. The van der Waals surface area contributed by atoms with E-state index in [0.717, 1.165) is 44.5 Å². The highest BCUT2D eigenvalue weighted by Gasteiger charge is 2.15. The second-order valence-electron chi connectivity index (χ2n) is 5.49. The van der Waals surface area contributed by atoms with Gasteiger partial charge < -0.3 is 15.0 Å². The van der Waals surface area contributed by atoms with Crippen LogP contribution in [0, 0.1) is 0 Å². The molecule has 1 aromatic carbocycles. The van der Waals surface area contributed by atoms with Gasteiger partial charge in [-0.1, -0.05) is 11.3 Å². The number of thiazole rings is 1. The number of methoxy groups -OCH3 is 1. The Morgan fingerprint density at radius 1 is 1.29 bits per heavy atom. The Morgan fingerprint density at radius 3 is 3.08 bits per heavy atom. The summed E-state index contributed by atoms with van der Waals surface area (Å²) in [7, 11) is 1.70. The van der Waals surface area contributed by atoms with Crippen LogP contribution in [0.5, 0.6) is 0 Å². The van der Waals surface area contributed by atoms with E-state index in [-0.39, 0.29) is 5.56 Å². The van der Waals surface area contributed by atoms with Crippen LogP contribution in [0.2, 0.25) is 0 Å². The maximum Gasteiger partial charge on any atom is 0.256 e. The van der Waals surface area contributed by atoms with Crippen molar-refractivity contribution < 1.29 is 4.74 Å². The molecule has 122 valence electrons. The summed E-state index contributed by atoms with van der Waals surface area (Å²) in [5, 5.41) is 7.56. The first-order valence-electron chi connectivity index (χ1n) is 7.70. The summed E-state index contributed by atoms with van der Waals surface area (Å²) in [5.41, 5.74) is 0.806. The Labute approximate surface area is 141 Å². The zero-order chi connectivity index (χ0) is 16.5. The fourth-order valence-electron chi connectivity index (χ4n) is 2.91. The van der Waals surface area contributed by atoms with E-state index in [2.05, 4.69) is 15.3 Å². The second-order valence-corrected chi connectivity index (χ2v) is 6.49. The number of fused-ring (bicyclic) bond motifs is 6. The highest BCUT2D eigenvalue weighted by atomic mass is 32.1. The number of rotatable bonds is 5. The Bertz CT molecular complexity index is 1090. The van der Waals surface area contributed by atoms with Gasteiger partial charge >= 0.3 is 0 Å². The van der Waals surface area contributed by atoms with Crippen molar-refractivity contribution >= 4 is 48.2 Å². The summed E-state index contributed by atoms with van der Waals surface area (Å²) in [6.07, 6.45) is 6.06. The number of H-pyrrole nitrogens is 1. The molecule has 3 aromatic heterocycles. The summed E-state index contributed by atoms with van der Waals surface area (Å²) >= 11 is 1.57.